The Balaban J connectivity index is 1.75. The number of benzene rings is 2. The number of nitrogens with two attached hydrogens (primary N) is 1. The standard InChI is InChI=1S/C20H25N3O2/c1-14-6-3-4-11-23(14)19-10-9-16(13-18(19)21)22-20(24)15-7-5-8-17(12-15)25-2/h5,7-10,12-14H,3-4,6,11,21H2,1-2H3,(H,22,24). The van der Waals surface area contributed by atoms with Crippen molar-refractivity contribution in [1.29, 1.82) is 0 Å². The zero-order valence-electron chi connectivity index (χ0n) is 14.8. The van der Waals surface area contributed by atoms with Crippen LogP contribution in [0.4, 0.5) is 17.1 Å². The molecule has 1 aliphatic rings. The van der Waals surface area contributed by atoms with Crippen LogP contribution < -0.4 is 20.7 Å². The Morgan fingerprint density at radius 3 is 2.80 bits per heavy atom. The first-order valence-electron chi connectivity index (χ1n) is 8.70. The number of amides is 1. The van der Waals surface area contributed by atoms with Gasteiger partial charge in [-0.1, -0.05) is 6.07 Å². The second kappa shape index (κ2) is 7.47. The van der Waals surface area contributed by atoms with Crippen LogP contribution in [0.1, 0.15) is 36.5 Å². The maximum atomic E-state index is 12.4. The van der Waals surface area contributed by atoms with E-state index >= 15 is 0 Å². The van der Waals surface area contributed by atoms with E-state index in [0.717, 1.165) is 12.2 Å². The summed E-state index contributed by atoms with van der Waals surface area (Å²) < 4.78 is 5.16. The first kappa shape index (κ1) is 17.1. The molecular weight excluding hydrogens is 314 g/mol. The third-order valence-corrected chi connectivity index (χ3v) is 4.73. The molecule has 1 saturated heterocycles. The Hall–Kier alpha value is -2.69. The summed E-state index contributed by atoms with van der Waals surface area (Å²) in [7, 11) is 1.58. The molecule has 0 bridgehead atoms. The molecule has 2 aromatic rings. The highest BCUT2D eigenvalue weighted by atomic mass is 16.5. The van der Waals surface area contributed by atoms with Gasteiger partial charge in [0.05, 0.1) is 18.5 Å². The lowest BCUT2D eigenvalue weighted by Gasteiger charge is -2.36. The van der Waals surface area contributed by atoms with Crippen LogP contribution in [0.2, 0.25) is 0 Å². The Kier molecular flexibility index (Phi) is 5.12. The quantitative estimate of drug-likeness (QED) is 0.829. The molecule has 5 nitrogen and oxygen atoms in total. The largest absolute Gasteiger partial charge is 0.497 e. The number of nitrogens with one attached hydrogen (secondary N) is 1. The normalized spacial score (nSPS) is 17.2. The molecule has 1 amide bonds. The highest BCUT2D eigenvalue weighted by Crippen LogP contribution is 2.31. The van der Waals surface area contributed by atoms with Crippen molar-refractivity contribution in [2.45, 2.75) is 32.2 Å². The minimum absolute atomic E-state index is 0.183. The first-order valence-corrected chi connectivity index (χ1v) is 8.70. The number of carbonyl (C=O) groups is 1. The summed E-state index contributed by atoms with van der Waals surface area (Å²) in [6, 6.07) is 13.3. The summed E-state index contributed by atoms with van der Waals surface area (Å²) in [6.45, 7) is 3.26. The third kappa shape index (κ3) is 3.87. The van der Waals surface area contributed by atoms with Gasteiger partial charge in [-0.05, 0) is 62.6 Å². The van der Waals surface area contributed by atoms with E-state index in [2.05, 4.69) is 17.1 Å². The maximum Gasteiger partial charge on any atom is 0.255 e. The molecular formula is C20H25N3O2. The lowest BCUT2D eigenvalue weighted by Crippen LogP contribution is -2.37. The smallest absolute Gasteiger partial charge is 0.255 e. The summed E-state index contributed by atoms with van der Waals surface area (Å²) >= 11 is 0. The number of hydrogen-bond donors (Lipinski definition) is 2. The molecule has 1 atom stereocenters. The number of hydrogen-bond acceptors (Lipinski definition) is 4. The van der Waals surface area contributed by atoms with Crippen LogP contribution in [0.15, 0.2) is 42.5 Å². The summed E-state index contributed by atoms with van der Waals surface area (Å²) in [5.41, 5.74) is 9.24. The van der Waals surface area contributed by atoms with Gasteiger partial charge < -0.3 is 20.7 Å². The SMILES string of the molecule is COc1cccc(C(=O)Nc2ccc(N3CCCCC3C)c(N)c2)c1. The molecule has 25 heavy (non-hydrogen) atoms. The van der Waals surface area contributed by atoms with E-state index in [-0.39, 0.29) is 5.91 Å². The molecule has 0 aliphatic carbocycles. The predicted molar refractivity (Wildman–Crippen MR) is 102 cm³/mol. The van der Waals surface area contributed by atoms with Crippen molar-refractivity contribution < 1.29 is 9.53 Å². The van der Waals surface area contributed by atoms with Crippen molar-refractivity contribution in [1.82, 2.24) is 0 Å². The molecule has 1 heterocycles. The van der Waals surface area contributed by atoms with Gasteiger partial charge in [-0.25, -0.2) is 0 Å². The number of nitrogens with zero attached hydrogens (tertiary/aromatic N) is 1. The van der Waals surface area contributed by atoms with E-state index in [9.17, 15) is 4.79 Å². The fourth-order valence-electron chi connectivity index (χ4n) is 3.32. The van der Waals surface area contributed by atoms with Crippen molar-refractivity contribution in [2.75, 3.05) is 29.6 Å². The van der Waals surface area contributed by atoms with Crippen molar-refractivity contribution in [3.8, 4) is 5.75 Å². The van der Waals surface area contributed by atoms with Crippen molar-refractivity contribution in [3.05, 3.63) is 48.0 Å². The van der Waals surface area contributed by atoms with Gasteiger partial charge in [0, 0.05) is 23.8 Å². The number of anilines is 3. The summed E-state index contributed by atoms with van der Waals surface area (Å²) in [6.07, 6.45) is 3.65. The zero-order chi connectivity index (χ0) is 17.8. The van der Waals surface area contributed by atoms with E-state index in [4.69, 9.17) is 10.5 Å². The fraction of sp³-hybridized carbons (Fsp3) is 0.350. The van der Waals surface area contributed by atoms with Gasteiger partial charge >= 0.3 is 0 Å². The highest BCUT2D eigenvalue weighted by molar-refractivity contribution is 6.04. The Morgan fingerprint density at radius 2 is 2.08 bits per heavy atom. The van der Waals surface area contributed by atoms with Crippen LogP contribution in [0.3, 0.4) is 0 Å². The fourth-order valence-corrected chi connectivity index (χ4v) is 3.32. The molecule has 132 valence electrons. The van der Waals surface area contributed by atoms with Gasteiger partial charge in [-0.2, -0.15) is 0 Å². The van der Waals surface area contributed by atoms with Crippen molar-refractivity contribution in [2.24, 2.45) is 0 Å². The van der Waals surface area contributed by atoms with Crippen molar-refractivity contribution in [3.63, 3.8) is 0 Å². The lowest BCUT2D eigenvalue weighted by atomic mass is 10.0. The number of ether oxygens (including phenoxy) is 1. The monoisotopic (exact) mass is 339 g/mol. The van der Waals surface area contributed by atoms with Gasteiger partial charge in [0.15, 0.2) is 0 Å². The molecule has 3 N–H and O–H groups in total. The van der Waals surface area contributed by atoms with Gasteiger partial charge in [-0.15, -0.1) is 0 Å². The van der Waals surface area contributed by atoms with E-state index < -0.39 is 0 Å². The van der Waals surface area contributed by atoms with Crippen LogP contribution in [-0.4, -0.2) is 25.6 Å². The predicted octanol–water partition coefficient (Wildman–Crippen LogP) is 3.91. The number of methoxy groups -OCH3 is 1. The van der Waals surface area contributed by atoms with Crippen LogP contribution in [0, 0.1) is 0 Å². The molecule has 0 aromatic heterocycles. The molecule has 1 fully saturated rings. The number of nitrogen functional groups attached to an aromatic ring is 1. The van der Waals surface area contributed by atoms with E-state index in [1.165, 1.54) is 19.3 Å². The maximum absolute atomic E-state index is 12.4. The minimum Gasteiger partial charge on any atom is -0.497 e. The van der Waals surface area contributed by atoms with E-state index in [1.807, 2.05) is 24.3 Å². The van der Waals surface area contributed by atoms with Crippen LogP contribution >= 0.6 is 0 Å². The minimum atomic E-state index is -0.183. The average molecular weight is 339 g/mol. The second-order valence-electron chi connectivity index (χ2n) is 6.50. The van der Waals surface area contributed by atoms with Crippen LogP contribution in [0.5, 0.6) is 5.75 Å². The molecule has 1 unspecified atom stereocenters. The molecule has 5 heteroatoms. The van der Waals surface area contributed by atoms with Crippen molar-refractivity contribution >= 4 is 23.0 Å². The van der Waals surface area contributed by atoms with E-state index in [1.54, 1.807) is 25.3 Å². The Morgan fingerprint density at radius 1 is 1.24 bits per heavy atom. The Bertz CT molecular complexity index is 760. The van der Waals surface area contributed by atoms with Crippen LogP contribution in [0.25, 0.3) is 0 Å². The number of piperidine rings is 1. The highest BCUT2D eigenvalue weighted by Gasteiger charge is 2.20. The third-order valence-electron chi connectivity index (χ3n) is 4.73. The summed E-state index contributed by atoms with van der Waals surface area (Å²) in [4.78, 5) is 14.8. The van der Waals surface area contributed by atoms with Gasteiger partial charge in [-0.3, -0.25) is 4.79 Å². The van der Waals surface area contributed by atoms with Crippen LogP contribution in [-0.2, 0) is 0 Å². The number of rotatable bonds is 4. The molecule has 3 rings (SSSR count). The number of carbonyl (C=O) groups excluding carboxylic acids is 1. The lowest BCUT2D eigenvalue weighted by molar-refractivity contribution is 0.102. The molecule has 2 aromatic carbocycles. The molecule has 1 aliphatic heterocycles. The molecule has 0 spiro atoms. The first-order chi connectivity index (χ1) is 12.1. The van der Waals surface area contributed by atoms with E-state index in [0.29, 0.717) is 28.7 Å². The Labute approximate surface area is 148 Å². The zero-order valence-corrected chi connectivity index (χ0v) is 14.8. The molecule has 0 saturated carbocycles. The summed E-state index contributed by atoms with van der Waals surface area (Å²) in [5.74, 6) is 0.471. The van der Waals surface area contributed by atoms with Gasteiger partial charge in [0.2, 0.25) is 0 Å². The van der Waals surface area contributed by atoms with Gasteiger partial charge in [0.25, 0.3) is 5.91 Å². The summed E-state index contributed by atoms with van der Waals surface area (Å²) in [5, 5.41) is 2.90. The average Bonchev–Trinajstić information content (AvgIpc) is 2.63. The topological polar surface area (TPSA) is 67.6 Å². The molecule has 0 radical (unpaired) electrons. The van der Waals surface area contributed by atoms with Gasteiger partial charge in [0.1, 0.15) is 5.75 Å². The second-order valence-corrected chi connectivity index (χ2v) is 6.50.